The third-order valence-corrected chi connectivity index (χ3v) is 3.44. The van der Waals surface area contributed by atoms with Crippen molar-refractivity contribution >= 4 is 35.9 Å². The van der Waals surface area contributed by atoms with E-state index < -0.39 is 0 Å². The van der Waals surface area contributed by atoms with Crippen LogP contribution in [-0.2, 0) is 0 Å². The molecule has 0 amide bonds. The fraction of sp³-hybridized carbons (Fsp3) is 0.200. The van der Waals surface area contributed by atoms with Crippen LogP contribution in [0, 0.1) is 0 Å². The van der Waals surface area contributed by atoms with Gasteiger partial charge in [0.2, 0.25) is 17.6 Å². The summed E-state index contributed by atoms with van der Waals surface area (Å²) in [6, 6.07) is 0. The minimum atomic E-state index is 0.218. The van der Waals surface area contributed by atoms with Crippen molar-refractivity contribution in [2.75, 3.05) is 0 Å². The molecule has 3 heteroatoms. The second kappa shape index (κ2) is 6.87. The molecule has 2 nitrogen and oxygen atoms in total. The molecule has 1 aromatic heterocycles. The number of aromatic hydroxyl groups is 1. The number of carbonyl (C=O) groups is 1. The van der Waals surface area contributed by atoms with Gasteiger partial charge in [0.05, 0.1) is 5.56 Å². The first-order chi connectivity index (χ1) is 8.69. The SMILES string of the molecule is C/C=C/c1[s+]c(C=O)c(/C=C/C)c(/C=C/C)c1O. The van der Waals surface area contributed by atoms with Crippen LogP contribution in [0.5, 0.6) is 5.75 Å². The second-order valence-electron chi connectivity index (χ2n) is 3.62. The molecule has 0 saturated heterocycles. The third kappa shape index (κ3) is 2.93. The average molecular weight is 261 g/mol. The van der Waals surface area contributed by atoms with Crippen LogP contribution in [-0.4, -0.2) is 11.4 Å². The number of hydrogen-bond acceptors (Lipinski definition) is 2. The van der Waals surface area contributed by atoms with Crippen molar-refractivity contribution in [3.63, 3.8) is 0 Å². The lowest BCUT2D eigenvalue weighted by Crippen LogP contribution is -1.91. The number of aldehydes is 1. The van der Waals surface area contributed by atoms with Crippen molar-refractivity contribution in [2.24, 2.45) is 0 Å². The fourth-order valence-electron chi connectivity index (χ4n) is 1.64. The number of carbonyl (C=O) groups excluding carboxylic acids is 1. The van der Waals surface area contributed by atoms with E-state index in [4.69, 9.17) is 0 Å². The Morgan fingerprint density at radius 2 is 1.44 bits per heavy atom. The van der Waals surface area contributed by atoms with Gasteiger partial charge in [0.1, 0.15) is 0 Å². The minimum Gasteiger partial charge on any atom is -0.502 e. The molecule has 18 heavy (non-hydrogen) atoms. The summed E-state index contributed by atoms with van der Waals surface area (Å²) in [5.74, 6) is 0.218. The summed E-state index contributed by atoms with van der Waals surface area (Å²) in [4.78, 5) is 12.5. The van der Waals surface area contributed by atoms with E-state index >= 15 is 0 Å². The van der Waals surface area contributed by atoms with E-state index in [1.807, 2.05) is 51.2 Å². The van der Waals surface area contributed by atoms with Gasteiger partial charge in [0.25, 0.3) is 9.75 Å². The molecular formula is C15H17O2S+. The van der Waals surface area contributed by atoms with Gasteiger partial charge in [0, 0.05) is 11.6 Å². The van der Waals surface area contributed by atoms with Gasteiger partial charge in [-0.1, -0.05) is 30.4 Å². The summed E-state index contributed by atoms with van der Waals surface area (Å²) in [6.45, 7) is 5.64. The van der Waals surface area contributed by atoms with Crippen LogP contribution in [0.3, 0.4) is 0 Å². The monoisotopic (exact) mass is 261 g/mol. The van der Waals surface area contributed by atoms with Gasteiger partial charge in [-0.3, -0.25) is 4.79 Å². The summed E-state index contributed by atoms with van der Waals surface area (Å²) < 4.78 is 0. The Kier molecular flexibility index (Phi) is 5.46. The van der Waals surface area contributed by atoms with Gasteiger partial charge >= 0.3 is 0 Å². The van der Waals surface area contributed by atoms with E-state index in [1.54, 1.807) is 6.08 Å². The van der Waals surface area contributed by atoms with Crippen molar-refractivity contribution in [2.45, 2.75) is 20.8 Å². The molecular weight excluding hydrogens is 244 g/mol. The highest BCUT2D eigenvalue weighted by atomic mass is 32.1. The number of hydrogen-bond donors (Lipinski definition) is 1. The molecule has 0 bridgehead atoms. The van der Waals surface area contributed by atoms with E-state index in [0.717, 1.165) is 11.8 Å². The van der Waals surface area contributed by atoms with Gasteiger partial charge in [-0.25, -0.2) is 0 Å². The van der Waals surface area contributed by atoms with E-state index in [-0.39, 0.29) is 5.75 Å². The normalized spacial score (nSPS) is 11.9. The molecule has 0 atom stereocenters. The predicted octanol–water partition coefficient (Wildman–Crippen LogP) is 4.65. The van der Waals surface area contributed by atoms with E-state index in [9.17, 15) is 9.90 Å². The molecule has 0 aliphatic carbocycles. The molecule has 1 N–H and O–H groups in total. The maximum Gasteiger partial charge on any atom is 0.278 e. The molecule has 0 radical (unpaired) electrons. The maximum absolute atomic E-state index is 11.2. The van der Waals surface area contributed by atoms with Crippen molar-refractivity contribution in [1.82, 2.24) is 0 Å². The highest BCUT2D eigenvalue weighted by Crippen LogP contribution is 2.35. The van der Waals surface area contributed by atoms with Crippen LogP contribution in [0.25, 0.3) is 18.2 Å². The fourth-order valence-corrected chi connectivity index (χ4v) is 2.62. The molecule has 1 aromatic rings. The molecule has 0 fully saturated rings. The van der Waals surface area contributed by atoms with E-state index in [1.165, 1.54) is 11.3 Å². The smallest absolute Gasteiger partial charge is 0.278 e. The third-order valence-electron chi connectivity index (χ3n) is 2.36. The average Bonchev–Trinajstić information content (AvgIpc) is 2.37. The van der Waals surface area contributed by atoms with Crippen molar-refractivity contribution in [3.8, 4) is 5.75 Å². The van der Waals surface area contributed by atoms with Crippen LogP contribution in [0.15, 0.2) is 18.2 Å². The molecule has 94 valence electrons. The Bertz CT molecular complexity index is 526. The van der Waals surface area contributed by atoms with Crippen LogP contribution < -0.4 is 0 Å². The quantitative estimate of drug-likeness (QED) is 0.633. The zero-order chi connectivity index (χ0) is 13.5. The summed E-state index contributed by atoms with van der Waals surface area (Å²) in [5, 5.41) is 10.2. The molecule has 1 rings (SSSR count). The van der Waals surface area contributed by atoms with Gasteiger partial charge in [-0.2, -0.15) is 0 Å². The molecule has 0 unspecified atom stereocenters. The topological polar surface area (TPSA) is 37.3 Å². The molecule has 0 aliphatic heterocycles. The van der Waals surface area contributed by atoms with Gasteiger partial charge in [-0.05, 0) is 20.8 Å². The lowest BCUT2D eigenvalue weighted by molar-refractivity contribution is 0.112. The molecule has 0 aromatic carbocycles. The zero-order valence-corrected chi connectivity index (χ0v) is 11.6. The van der Waals surface area contributed by atoms with Gasteiger partial charge in [0.15, 0.2) is 5.75 Å². The molecule has 0 spiro atoms. The Morgan fingerprint density at radius 3 is 1.94 bits per heavy atom. The highest BCUT2D eigenvalue weighted by molar-refractivity contribution is 7.14. The zero-order valence-electron chi connectivity index (χ0n) is 10.8. The lowest BCUT2D eigenvalue weighted by atomic mass is 10.1. The van der Waals surface area contributed by atoms with E-state index in [0.29, 0.717) is 15.3 Å². The Hall–Kier alpha value is -1.74. The first kappa shape index (κ1) is 14.3. The van der Waals surface area contributed by atoms with Gasteiger partial charge in [-0.15, -0.1) is 0 Å². The molecule has 0 saturated carbocycles. The van der Waals surface area contributed by atoms with Crippen molar-refractivity contribution in [3.05, 3.63) is 39.1 Å². The van der Waals surface area contributed by atoms with Crippen molar-refractivity contribution < 1.29 is 9.90 Å². The lowest BCUT2D eigenvalue weighted by Gasteiger charge is -2.02. The van der Waals surface area contributed by atoms with Crippen LogP contribution in [0.2, 0.25) is 0 Å². The second-order valence-corrected chi connectivity index (χ2v) is 4.71. The largest absolute Gasteiger partial charge is 0.502 e. The summed E-state index contributed by atoms with van der Waals surface area (Å²) >= 11 is 1.29. The van der Waals surface area contributed by atoms with Crippen molar-refractivity contribution in [1.29, 1.82) is 0 Å². The van der Waals surface area contributed by atoms with Crippen LogP contribution in [0.4, 0.5) is 0 Å². The maximum atomic E-state index is 11.2. The summed E-state index contributed by atoms with van der Waals surface area (Å²) in [5.41, 5.74) is 1.45. The number of allylic oxidation sites excluding steroid dienone is 3. The van der Waals surface area contributed by atoms with E-state index in [2.05, 4.69) is 0 Å². The Morgan fingerprint density at radius 1 is 0.889 bits per heavy atom. The summed E-state index contributed by atoms with van der Waals surface area (Å²) in [6.07, 6.45) is 11.8. The van der Waals surface area contributed by atoms with Crippen LogP contribution >= 0.6 is 11.3 Å². The predicted molar refractivity (Wildman–Crippen MR) is 79.9 cm³/mol. The van der Waals surface area contributed by atoms with Gasteiger partial charge < -0.3 is 5.11 Å². The highest BCUT2D eigenvalue weighted by Gasteiger charge is 2.24. The standard InChI is InChI=1S/C15H16O2S/c1-4-7-11-12(8-5-2)15(17)13(9-6-3)18-14(11)10-16/h4-10H,1-3H3/p+1/b7-4+,8-5+,9-6+. The Labute approximate surface area is 112 Å². The van der Waals surface area contributed by atoms with Crippen LogP contribution in [0.1, 0.15) is 46.4 Å². The summed E-state index contributed by atoms with van der Waals surface area (Å²) in [7, 11) is 0. The first-order valence-corrected chi connectivity index (χ1v) is 6.57. The first-order valence-electron chi connectivity index (χ1n) is 5.75. The Balaban J connectivity index is 3.69. The molecule has 0 aliphatic rings. The minimum absolute atomic E-state index is 0.218. The number of rotatable bonds is 4. The molecule has 1 heterocycles.